The summed E-state index contributed by atoms with van der Waals surface area (Å²) in [6, 6.07) is 9.72. The maximum absolute atomic E-state index is 11.9. The van der Waals surface area contributed by atoms with Gasteiger partial charge in [-0.3, -0.25) is 4.79 Å². The third-order valence-electron chi connectivity index (χ3n) is 2.97. The van der Waals surface area contributed by atoms with Gasteiger partial charge < -0.3 is 5.11 Å². The Morgan fingerprint density at radius 3 is 2.86 bits per heavy atom. The third kappa shape index (κ3) is 2.94. The number of aliphatic imine (C=N–C) groups is 1. The number of hydrogen-bond donors (Lipinski definition) is 2. The van der Waals surface area contributed by atoms with Gasteiger partial charge in [0.2, 0.25) is 0 Å². The van der Waals surface area contributed by atoms with Crippen molar-refractivity contribution in [3.8, 4) is 5.75 Å². The van der Waals surface area contributed by atoms with E-state index in [4.69, 9.17) is 11.6 Å². The van der Waals surface area contributed by atoms with E-state index in [1.54, 1.807) is 36.4 Å². The summed E-state index contributed by atoms with van der Waals surface area (Å²) < 4.78 is 0. The van der Waals surface area contributed by atoms with Crippen LogP contribution in [-0.4, -0.2) is 33.3 Å². The number of nitrogens with one attached hydrogen (secondary N) is 1. The molecule has 0 spiro atoms. The number of carbonyl (C=O) groups is 1. The largest absolute Gasteiger partial charge is 0.508 e. The molecule has 1 amide bonds. The Morgan fingerprint density at radius 1 is 1.27 bits per heavy atom. The molecule has 8 heteroatoms. The predicted molar refractivity (Wildman–Crippen MR) is 81.1 cm³/mol. The molecule has 1 atom stereocenters. The van der Waals surface area contributed by atoms with Gasteiger partial charge in [-0.1, -0.05) is 23.7 Å². The summed E-state index contributed by atoms with van der Waals surface area (Å²) in [5.41, 5.74) is 3.46. The Hall–Kier alpha value is -2.80. The lowest BCUT2D eigenvalue weighted by Crippen LogP contribution is -2.22. The average Bonchev–Trinajstić information content (AvgIpc) is 2.87. The van der Waals surface area contributed by atoms with Crippen molar-refractivity contribution in [3.05, 3.63) is 52.8 Å². The summed E-state index contributed by atoms with van der Waals surface area (Å²) >= 11 is 5.69. The van der Waals surface area contributed by atoms with Crippen LogP contribution in [0.2, 0.25) is 5.15 Å². The molecule has 0 saturated carbocycles. The van der Waals surface area contributed by atoms with Crippen LogP contribution in [-0.2, 0) is 4.79 Å². The molecule has 7 nitrogen and oxygen atoms in total. The van der Waals surface area contributed by atoms with Gasteiger partial charge in [-0.15, -0.1) is 5.10 Å². The van der Waals surface area contributed by atoms with E-state index in [0.717, 1.165) is 0 Å². The molecule has 2 aromatic rings. The molecule has 0 radical (unpaired) electrons. The standard InChI is InChI=1S/C14H10ClN5O2/c15-11-5-4-10(17-18-11)12-13(19-20-14(12)22)16-7-8-2-1-3-9(21)6-8/h1-7,12,21H,(H,20,22). The van der Waals surface area contributed by atoms with Gasteiger partial charge in [0.05, 0.1) is 5.69 Å². The fraction of sp³-hybridized carbons (Fsp3) is 0.0714. The molecule has 2 heterocycles. The van der Waals surface area contributed by atoms with Crippen LogP contribution in [0.3, 0.4) is 0 Å². The predicted octanol–water partition coefficient (Wildman–Crippen LogP) is 1.48. The zero-order chi connectivity index (χ0) is 15.5. The number of nitrogens with zero attached hydrogens (tertiary/aromatic N) is 4. The molecule has 1 aliphatic heterocycles. The number of aromatic hydroxyl groups is 1. The molecule has 1 aromatic carbocycles. The first-order valence-electron chi connectivity index (χ1n) is 6.33. The van der Waals surface area contributed by atoms with E-state index < -0.39 is 5.92 Å². The van der Waals surface area contributed by atoms with Crippen molar-refractivity contribution >= 4 is 29.6 Å². The van der Waals surface area contributed by atoms with E-state index in [2.05, 4.69) is 25.7 Å². The van der Waals surface area contributed by atoms with Crippen molar-refractivity contribution in [1.82, 2.24) is 15.6 Å². The van der Waals surface area contributed by atoms with E-state index in [1.165, 1.54) is 6.21 Å². The van der Waals surface area contributed by atoms with Crippen LogP contribution in [0.4, 0.5) is 0 Å². The number of aromatic nitrogens is 2. The topological polar surface area (TPSA) is 99.8 Å². The first-order chi connectivity index (χ1) is 10.6. The Bertz CT molecular complexity index is 773. The Labute approximate surface area is 130 Å². The van der Waals surface area contributed by atoms with E-state index in [1.807, 2.05) is 0 Å². The van der Waals surface area contributed by atoms with Crippen LogP contribution < -0.4 is 5.43 Å². The summed E-state index contributed by atoms with van der Waals surface area (Å²) in [4.78, 5) is 16.1. The van der Waals surface area contributed by atoms with Crippen LogP contribution in [0.5, 0.6) is 5.75 Å². The summed E-state index contributed by atoms with van der Waals surface area (Å²) in [5.74, 6) is -0.672. The van der Waals surface area contributed by atoms with E-state index in [-0.39, 0.29) is 22.6 Å². The van der Waals surface area contributed by atoms with Gasteiger partial charge in [0, 0.05) is 6.21 Å². The number of hydrogen-bond acceptors (Lipinski definition) is 6. The molecule has 110 valence electrons. The van der Waals surface area contributed by atoms with E-state index in [0.29, 0.717) is 11.3 Å². The second-order valence-electron chi connectivity index (χ2n) is 4.51. The van der Waals surface area contributed by atoms with Crippen LogP contribution in [0.1, 0.15) is 17.2 Å². The Morgan fingerprint density at radius 2 is 2.14 bits per heavy atom. The lowest BCUT2D eigenvalue weighted by atomic mass is 10.0. The SMILES string of the molecule is O=C1NN=C(N=Cc2cccc(O)c2)C1c1ccc(Cl)nn1. The number of rotatable bonds is 2. The molecular weight excluding hydrogens is 306 g/mol. The Kier molecular flexibility index (Phi) is 3.80. The fourth-order valence-corrected chi connectivity index (χ4v) is 2.06. The number of phenols is 1. The van der Waals surface area contributed by atoms with E-state index >= 15 is 0 Å². The number of halogens is 1. The molecule has 0 aliphatic carbocycles. The average molecular weight is 316 g/mol. The number of hydrazone groups is 1. The fourth-order valence-electron chi connectivity index (χ4n) is 1.95. The van der Waals surface area contributed by atoms with Gasteiger partial charge in [-0.05, 0) is 29.8 Å². The molecular formula is C14H10ClN5O2. The lowest BCUT2D eigenvalue weighted by Gasteiger charge is -2.05. The molecule has 22 heavy (non-hydrogen) atoms. The highest BCUT2D eigenvalue weighted by atomic mass is 35.5. The molecule has 1 aromatic heterocycles. The highest BCUT2D eigenvalue weighted by molar-refractivity contribution is 6.29. The first-order valence-corrected chi connectivity index (χ1v) is 6.71. The quantitative estimate of drug-likeness (QED) is 0.820. The smallest absolute Gasteiger partial charge is 0.257 e. The van der Waals surface area contributed by atoms with Crippen LogP contribution >= 0.6 is 11.6 Å². The van der Waals surface area contributed by atoms with Gasteiger partial charge in [0.1, 0.15) is 11.7 Å². The first kappa shape index (κ1) is 14.2. The lowest BCUT2D eigenvalue weighted by molar-refractivity contribution is -0.120. The minimum atomic E-state index is -0.738. The van der Waals surface area contributed by atoms with Gasteiger partial charge >= 0.3 is 0 Å². The highest BCUT2D eigenvalue weighted by Crippen LogP contribution is 2.21. The van der Waals surface area contributed by atoms with E-state index in [9.17, 15) is 9.90 Å². The van der Waals surface area contributed by atoms with Gasteiger partial charge in [0.25, 0.3) is 5.91 Å². The van der Waals surface area contributed by atoms with Crippen molar-refractivity contribution < 1.29 is 9.90 Å². The molecule has 1 aliphatic rings. The minimum Gasteiger partial charge on any atom is -0.508 e. The number of amides is 1. The molecule has 1 unspecified atom stereocenters. The summed E-state index contributed by atoms with van der Waals surface area (Å²) in [6.07, 6.45) is 1.51. The van der Waals surface area contributed by atoms with Crippen LogP contribution in [0, 0.1) is 0 Å². The monoisotopic (exact) mass is 315 g/mol. The zero-order valence-corrected chi connectivity index (χ0v) is 11.9. The van der Waals surface area contributed by atoms with Gasteiger partial charge in [-0.2, -0.15) is 10.2 Å². The second-order valence-corrected chi connectivity index (χ2v) is 4.90. The molecule has 0 saturated heterocycles. The molecule has 0 fully saturated rings. The molecule has 2 N–H and O–H groups in total. The summed E-state index contributed by atoms with van der Waals surface area (Å²) in [6.45, 7) is 0. The zero-order valence-electron chi connectivity index (χ0n) is 11.1. The second kappa shape index (κ2) is 5.90. The number of phenolic OH excluding ortho intramolecular Hbond substituents is 1. The highest BCUT2D eigenvalue weighted by Gasteiger charge is 2.33. The summed E-state index contributed by atoms with van der Waals surface area (Å²) in [7, 11) is 0. The molecule has 0 bridgehead atoms. The minimum absolute atomic E-state index is 0.131. The van der Waals surface area contributed by atoms with Crippen molar-refractivity contribution in [1.29, 1.82) is 0 Å². The Balaban J connectivity index is 1.86. The normalized spacial score (nSPS) is 17.6. The van der Waals surface area contributed by atoms with Crippen molar-refractivity contribution in [3.63, 3.8) is 0 Å². The number of benzene rings is 1. The molecule has 3 rings (SSSR count). The maximum Gasteiger partial charge on any atom is 0.257 e. The summed E-state index contributed by atoms with van der Waals surface area (Å²) in [5, 5.41) is 21.2. The van der Waals surface area contributed by atoms with Crippen LogP contribution in [0.15, 0.2) is 46.5 Å². The van der Waals surface area contributed by atoms with Gasteiger partial charge in [-0.25, -0.2) is 10.4 Å². The number of amidine groups is 1. The van der Waals surface area contributed by atoms with Crippen molar-refractivity contribution in [2.45, 2.75) is 5.92 Å². The van der Waals surface area contributed by atoms with Crippen LogP contribution in [0.25, 0.3) is 0 Å². The van der Waals surface area contributed by atoms with Crippen molar-refractivity contribution in [2.75, 3.05) is 0 Å². The van der Waals surface area contributed by atoms with Crippen molar-refractivity contribution in [2.24, 2.45) is 10.1 Å². The number of carbonyl (C=O) groups excluding carboxylic acids is 1. The maximum atomic E-state index is 11.9. The van der Waals surface area contributed by atoms with Gasteiger partial charge in [0.15, 0.2) is 11.0 Å². The third-order valence-corrected chi connectivity index (χ3v) is 3.17.